The van der Waals surface area contributed by atoms with Crippen LogP contribution >= 0.6 is 34.5 Å². The van der Waals surface area contributed by atoms with Crippen molar-refractivity contribution in [3.05, 3.63) is 80.1 Å². The summed E-state index contributed by atoms with van der Waals surface area (Å²) < 4.78 is 0. The third-order valence-corrected chi connectivity index (χ3v) is 6.50. The molecule has 0 fully saturated rings. The van der Waals surface area contributed by atoms with E-state index in [9.17, 15) is 4.79 Å². The van der Waals surface area contributed by atoms with Crippen LogP contribution in [0.25, 0.3) is 0 Å². The monoisotopic (exact) mass is 428 g/mol. The summed E-state index contributed by atoms with van der Waals surface area (Å²) in [6, 6.07) is 14.7. The summed E-state index contributed by atoms with van der Waals surface area (Å²) in [5.41, 5.74) is 3.36. The molecule has 142 valence electrons. The number of nitrogens with one attached hydrogen (secondary N) is 1. The predicted molar refractivity (Wildman–Crippen MR) is 119 cm³/mol. The SMILES string of the molecule is O=C(Nc1ccc(Cl)cc1)c1c(/N=C/c2ccccc2Cl)sc2c1CCCC2. The van der Waals surface area contributed by atoms with Gasteiger partial charge in [-0.3, -0.25) is 4.79 Å². The van der Waals surface area contributed by atoms with Crippen LogP contribution in [0.5, 0.6) is 0 Å². The van der Waals surface area contributed by atoms with Crippen molar-refractivity contribution in [1.29, 1.82) is 0 Å². The highest BCUT2D eigenvalue weighted by Crippen LogP contribution is 2.40. The Bertz CT molecular complexity index is 1040. The zero-order valence-corrected chi connectivity index (χ0v) is 17.4. The summed E-state index contributed by atoms with van der Waals surface area (Å²) in [5, 5.41) is 4.99. The van der Waals surface area contributed by atoms with Gasteiger partial charge in [0.2, 0.25) is 0 Å². The molecule has 1 aliphatic rings. The molecule has 0 bridgehead atoms. The van der Waals surface area contributed by atoms with Crippen molar-refractivity contribution >= 4 is 57.3 Å². The van der Waals surface area contributed by atoms with Gasteiger partial charge in [0.15, 0.2) is 0 Å². The number of carbonyl (C=O) groups is 1. The average molecular weight is 429 g/mol. The Balaban J connectivity index is 1.68. The highest BCUT2D eigenvalue weighted by Gasteiger charge is 2.25. The number of amides is 1. The lowest BCUT2D eigenvalue weighted by Crippen LogP contribution is -2.14. The van der Waals surface area contributed by atoms with Gasteiger partial charge in [-0.25, -0.2) is 4.99 Å². The molecule has 1 aliphatic carbocycles. The zero-order valence-electron chi connectivity index (χ0n) is 15.0. The van der Waals surface area contributed by atoms with Crippen LogP contribution in [0.15, 0.2) is 53.5 Å². The summed E-state index contributed by atoms with van der Waals surface area (Å²) in [5.74, 6) is -0.131. The van der Waals surface area contributed by atoms with Crippen LogP contribution in [-0.4, -0.2) is 12.1 Å². The molecule has 1 aromatic heterocycles. The maximum atomic E-state index is 13.1. The molecule has 0 aliphatic heterocycles. The Morgan fingerprint density at radius 2 is 1.79 bits per heavy atom. The van der Waals surface area contributed by atoms with Crippen molar-refractivity contribution in [3.8, 4) is 0 Å². The Hall–Kier alpha value is -2.14. The van der Waals surface area contributed by atoms with Crippen LogP contribution in [0.2, 0.25) is 10.0 Å². The Morgan fingerprint density at radius 1 is 1.04 bits per heavy atom. The molecule has 0 unspecified atom stereocenters. The molecule has 0 atom stereocenters. The number of nitrogens with zero attached hydrogens (tertiary/aromatic N) is 1. The van der Waals surface area contributed by atoms with E-state index in [-0.39, 0.29) is 5.91 Å². The molecule has 6 heteroatoms. The third-order valence-electron chi connectivity index (χ3n) is 4.71. The van der Waals surface area contributed by atoms with Gasteiger partial charge in [-0.2, -0.15) is 0 Å². The molecule has 0 spiro atoms. The van der Waals surface area contributed by atoms with Gasteiger partial charge in [-0.1, -0.05) is 41.4 Å². The quantitative estimate of drug-likeness (QED) is 0.449. The second kappa shape index (κ2) is 8.48. The molecule has 1 amide bonds. The molecule has 28 heavy (non-hydrogen) atoms. The first-order chi connectivity index (χ1) is 13.6. The summed E-state index contributed by atoms with van der Waals surface area (Å²) in [6.07, 6.45) is 5.90. The minimum atomic E-state index is -0.131. The molecule has 1 heterocycles. The van der Waals surface area contributed by atoms with Crippen molar-refractivity contribution in [2.45, 2.75) is 25.7 Å². The van der Waals surface area contributed by atoms with Crippen LogP contribution in [0, 0.1) is 0 Å². The van der Waals surface area contributed by atoms with Crippen LogP contribution in [0.4, 0.5) is 10.7 Å². The highest BCUT2D eigenvalue weighted by atomic mass is 35.5. The van der Waals surface area contributed by atoms with Crippen molar-refractivity contribution in [2.75, 3.05) is 5.32 Å². The third kappa shape index (κ3) is 4.14. The molecule has 3 aromatic rings. The number of hydrogen-bond acceptors (Lipinski definition) is 3. The Labute approximate surface area is 178 Å². The van der Waals surface area contributed by atoms with Gasteiger partial charge < -0.3 is 5.32 Å². The van der Waals surface area contributed by atoms with Gasteiger partial charge in [0.25, 0.3) is 5.91 Å². The Morgan fingerprint density at radius 3 is 2.57 bits per heavy atom. The summed E-state index contributed by atoms with van der Waals surface area (Å²) in [7, 11) is 0. The summed E-state index contributed by atoms with van der Waals surface area (Å²) in [4.78, 5) is 19.0. The van der Waals surface area contributed by atoms with E-state index in [0.717, 1.165) is 41.8 Å². The maximum Gasteiger partial charge on any atom is 0.259 e. The highest BCUT2D eigenvalue weighted by molar-refractivity contribution is 7.16. The van der Waals surface area contributed by atoms with Crippen molar-refractivity contribution in [2.24, 2.45) is 4.99 Å². The summed E-state index contributed by atoms with van der Waals surface area (Å²) in [6.45, 7) is 0. The van der Waals surface area contributed by atoms with E-state index in [4.69, 9.17) is 23.2 Å². The fourth-order valence-electron chi connectivity index (χ4n) is 3.31. The molecular formula is C22H18Cl2N2OS. The fourth-order valence-corrected chi connectivity index (χ4v) is 4.85. The lowest BCUT2D eigenvalue weighted by atomic mass is 9.95. The fraction of sp³-hybridized carbons (Fsp3) is 0.182. The van der Waals surface area contributed by atoms with Gasteiger partial charge in [0, 0.05) is 32.4 Å². The first-order valence-corrected chi connectivity index (χ1v) is 10.7. The van der Waals surface area contributed by atoms with E-state index in [0.29, 0.717) is 21.3 Å². The van der Waals surface area contributed by atoms with Crippen molar-refractivity contribution < 1.29 is 4.79 Å². The number of hydrogen-bond donors (Lipinski definition) is 1. The van der Waals surface area contributed by atoms with Gasteiger partial charge in [0.05, 0.1) is 5.56 Å². The van der Waals surface area contributed by atoms with E-state index in [1.807, 2.05) is 24.3 Å². The molecule has 2 aromatic carbocycles. The largest absolute Gasteiger partial charge is 0.322 e. The molecule has 0 saturated carbocycles. The molecular weight excluding hydrogens is 411 g/mol. The first-order valence-electron chi connectivity index (χ1n) is 9.12. The van der Waals surface area contributed by atoms with Crippen LogP contribution in [0.3, 0.4) is 0 Å². The Kier molecular flexibility index (Phi) is 5.81. The average Bonchev–Trinajstić information content (AvgIpc) is 3.07. The molecule has 4 rings (SSSR count). The predicted octanol–water partition coefficient (Wildman–Crippen LogP) is 6.94. The number of halogens is 2. The van der Waals surface area contributed by atoms with Crippen LogP contribution < -0.4 is 5.32 Å². The van der Waals surface area contributed by atoms with E-state index in [2.05, 4.69) is 10.3 Å². The second-order valence-corrected chi connectivity index (χ2v) is 8.56. The van der Waals surface area contributed by atoms with Gasteiger partial charge >= 0.3 is 0 Å². The maximum absolute atomic E-state index is 13.1. The van der Waals surface area contributed by atoms with E-state index in [1.54, 1.807) is 41.8 Å². The lowest BCUT2D eigenvalue weighted by Gasteiger charge is -2.12. The smallest absolute Gasteiger partial charge is 0.259 e. The van der Waals surface area contributed by atoms with E-state index < -0.39 is 0 Å². The number of thiophene rings is 1. The number of carbonyl (C=O) groups excluding carboxylic acids is 1. The van der Waals surface area contributed by atoms with Gasteiger partial charge in [-0.15, -0.1) is 11.3 Å². The number of rotatable bonds is 4. The minimum Gasteiger partial charge on any atom is -0.322 e. The van der Waals surface area contributed by atoms with E-state index >= 15 is 0 Å². The number of aryl methyl sites for hydroxylation is 1. The summed E-state index contributed by atoms with van der Waals surface area (Å²) >= 11 is 13.8. The van der Waals surface area contributed by atoms with Crippen molar-refractivity contribution in [1.82, 2.24) is 0 Å². The second-order valence-electron chi connectivity index (χ2n) is 6.63. The van der Waals surface area contributed by atoms with Gasteiger partial charge in [-0.05, 0) is 61.6 Å². The normalized spacial score (nSPS) is 13.5. The lowest BCUT2D eigenvalue weighted by molar-refractivity contribution is 0.102. The zero-order chi connectivity index (χ0) is 19.5. The minimum absolute atomic E-state index is 0.131. The standard InChI is InChI=1S/C22H18Cl2N2OS/c23-15-9-11-16(12-10-15)26-21(27)20-17-6-2-4-8-19(17)28-22(20)25-13-14-5-1-3-7-18(14)24/h1,3,5,7,9-13H,2,4,6,8H2,(H,26,27)/b25-13+. The van der Waals surface area contributed by atoms with Crippen LogP contribution in [-0.2, 0) is 12.8 Å². The number of anilines is 1. The molecule has 0 saturated heterocycles. The number of fused-ring (bicyclic) bond motifs is 1. The number of aliphatic imine (C=N–C) groups is 1. The van der Waals surface area contributed by atoms with E-state index in [1.165, 1.54) is 4.88 Å². The van der Waals surface area contributed by atoms with Crippen LogP contribution in [0.1, 0.15) is 39.2 Å². The molecule has 3 nitrogen and oxygen atoms in total. The first kappa shape index (κ1) is 19.2. The van der Waals surface area contributed by atoms with Crippen molar-refractivity contribution in [3.63, 3.8) is 0 Å². The van der Waals surface area contributed by atoms with Gasteiger partial charge in [0.1, 0.15) is 5.00 Å². The molecule has 0 radical (unpaired) electrons. The number of benzene rings is 2. The molecule has 1 N–H and O–H groups in total. The topological polar surface area (TPSA) is 41.5 Å².